The van der Waals surface area contributed by atoms with Gasteiger partial charge >= 0.3 is 0 Å². The Morgan fingerprint density at radius 3 is 2.25 bits per heavy atom. The van der Waals surface area contributed by atoms with Crippen LogP contribution >= 0.6 is 24.0 Å². The first-order valence-corrected chi connectivity index (χ1v) is 7.69. The lowest BCUT2D eigenvalue weighted by Gasteiger charge is -2.20. The van der Waals surface area contributed by atoms with Crippen molar-refractivity contribution in [2.75, 3.05) is 33.2 Å². The van der Waals surface area contributed by atoms with Gasteiger partial charge in [-0.15, -0.1) is 24.0 Å². The van der Waals surface area contributed by atoms with Gasteiger partial charge in [-0.2, -0.15) is 0 Å². The largest absolute Gasteiger partial charge is 0.357 e. The molecule has 0 bridgehead atoms. The number of rotatable bonds is 9. The number of hydrogen-bond acceptors (Lipinski definition) is 2. The summed E-state index contributed by atoms with van der Waals surface area (Å²) in [5.41, 5.74) is 0. The number of unbranched alkanes of at least 4 members (excludes halogenated alkanes) is 1. The molecular formula is C15H35IN4. The third kappa shape index (κ3) is 13.0. The Morgan fingerprint density at radius 1 is 1.10 bits per heavy atom. The standard InChI is InChI=1S/C15H34N4.HI/c1-7-16-15(18-12-13(2)3)17-10-8-9-11-19(6)14(4)5;/h13-14H,7-12H2,1-6H3,(H2,16,17,18);1H. The Hall–Kier alpha value is -0.0400. The van der Waals surface area contributed by atoms with Crippen LogP contribution in [-0.4, -0.2) is 50.1 Å². The van der Waals surface area contributed by atoms with Crippen molar-refractivity contribution in [1.29, 1.82) is 0 Å². The van der Waals surface area contributed by atoms with Gasteiger partial charge < -0.3 is 15.5 Å². The van der Waals surface area contributed by atoms with Gasteiger partial charge in [0.05, 0.1) is 0 Å². The number of halogens is 1. The number of nitrogens with zero attached hydrogens (tertiary/aromatic N) is 2. The molecule has 0 saturated heterocycles. The molecule has 0 amide bonds. The summed E-state index contributed by atoms with van der Waals surface area (Å²) >= 11 is 0. The van der Waals surface area contributed by atoms with Crippen molar-refractivity contribution in [2.45, 2.75) is 53.5 Å². The highest BCUT2D eigenvalue weighted by molar-refractivity contribution is 14.0. The van der Waals surface area contributed by atoms with Gasteiger partial charge in [-0.1, -0.05) is 13.8 Å². The topological polar surface area (TPSA) is 39.7 Å². The van der Waals surface area contributed by atoms with Crippen LogP contribution < -0.4 is 10.6 Å². The van der Waals surface area contributed by atoms with Crippen molar-refractivity contribution in [3.05, 3.63) is 0 Å². The maximum atomic E-state index is 4.56. The summed E-state index contributed by atoms with van der Waals surface area (Å²) in [5, 5.41) is 6.68. The van der Waals surface area contributed by atoms with Crippen LogP contribution in [0.25, 0.3) is 0 Å². The van der Waals surface area contributed by atoms with Crippen LogP contribution in [0.4, 0.5) is 0 Å². The molecule has 2 N–H and O–H groups in total. The second-order valence-corrected chi connectivity index (χ2v) is 5.82. The molecule has 0 spiro atoms. The summed E-state index contributed by atoms with van der Waals surface area (Å²) in [4.78, 5) is 6.94. The minimum absolute atomic E-state index is 0. The molecule has 5 heteroatoms. The predicted molar refractivity (Wildman–Crippen MR) is 101 cm³/mol. The summed E-state index contributed by atoms with van der Waals surface area (Å²) in [5.74, 6) is 1.56. The van der Waals surface area contributed by atoms with Gasteiger partial charge in [0.25, 0.3) is 0 Å². The molecule has 122 valence electrons. The number of nitrogens with one attached hydrogen (secondary N) is 2. The molecule has 0 fully saturated rings. The molecule has 0 saturated carbocycles. The highest BCUT2D eigenvalue weighted by Gasteiger charge is 2.02. The Kier molecular flexibility index (Phi) is 15.5. The minimum atomic E-state index is 0. The second-order valence-electron chi connectivity index (χ2n) is 5.82. The molecule has 0 aliphatic heterocycles. The normalized spacial score (nSPS) is 11.9. The van der Waals surface area contributed by atoms with E-state index in [4.69, 9.17) is 0 Å². The molecule has 0 aliphatic carbocycles. The molecule has 4 nitrogen and oxygen atoms in total. The van der Waals surface area contributed by atoms with E-state index in [0.717, 1.165) is 25.6 Å². The van der Waals surface area contributed by atoms with E-state index in [-0.39, 0.29) is 24.0 Å². The van der Waals surface area contributed by atoms with Gasteiger partial charge in [-0.3, -0.25) is 4.99 Å². The average Bonchev–Trinajstić information content (AvgIpc) is 2.34. The smallest absolute Gasteiger partial charge is 0.191 e. The summed E-state index contributed by atoms with van der Waals surface area (Å²) in [7, 11) is 2.19. The van der Waals surface area contributed by atoms with Crippen molar-refractivity contribution in [3.8, 4) is 0 Å². The third-order valence-electron chi connectivity index (χ3n) is 3.07. The lowest BCUT2D eigenvalue weighted by Crippen LogP contribution is -2.38. The molecule has 0 radical (unpaired) electrons. The van der Waals surface area contributed by atoms with E-state index < -0.39 is 0 Å². The molecule has 0 aromatic rings. The highest BCUT2D eigenvalue weighted by Crippen LogP contribution is 1.97. The number of aliphatic imine (C=N–C) groups is 1. The van der Waals surface area contributed by atoms with Crippen molar-refractivity contribution in [3.63, 3.8) is 0 Å². The summed E-state index contributed by atoms with van der Waals surface area (Å²) in [6, 6.07) is 0.637. The van der Waals surface area contributed by atoms with Crippen LogP contribution in [0.1, 0.15) is 47.5 Å². The van der Waals surface area contributed by atoms with Crippen molar-refractivity contribution in [2.24, 2.45) is 10.9 Å². The van der Waals surface area contributed by atoms with Crippen molar-refractivity contribution < 1.29 is 0 Å². The number of hydrogen-bond donors (Lipinski definition) is 2. The fourth-order valence-corrected chi connectivity index (χ4v) is 1.57. The van der Waals surface area contributed by atoms with E-state index >= 15 is 0 Å². The quantitative estimate of drug-likeness (QED) is 0.272. The summed E-state index contributed by atoms with van der Waals surface area (Å²) in [6.45, 7) is 14.9. The summed E-state index contributed by atoms with van der Waals surface area (Å²) in [6.07, 6.45) is 2.41. The molecule has 0 atom stereocenters. The molecule has 0 rings (SSSR count). The van der Waals surface area contributed by atoms with Gasteiger partial charge in [0.15, 0.2) is 5.96 Å². The van der Waals surface area contributed by atoms with Gasteiger partial charge in [-0.05, 0) is 53.1 Å². The van der Waals surface area contributed by atoms with Gasteiger partial charge in [0.1, 0.15) is 0 Å². The molecule has 0 unspecified atom stereocenters. The van der Waals surface area contributed by atoms with Gasteiger partial charge in [0, 0.05) is 25.7 Å². The first kappa shape index (κ1) is 22.2. The van der Waals surface area contributed by atoms with Crippen LogP contribution in [0.5, 0.6) is 0 Å². The Morgan fingerprint density at radius 2 is 1.75 bits per heavy atom. The zero-order chi connectivity index (χ0) is 14.7. The average molecular weight is 398 g/mol. The molecule has 20 heavy (non-hydrogen) atoms. The monoisotopic (exact) mass is 398 g/mol. The third-order valence-corrected chi connectivity index (χ3v) is 3.07. The van der Waals surface area contributed by atoms with Gasteiger partial charge in [0.2, 0.25) is 0 Å². The molecule has 0 aromatic carbocycles. The van der Waals surface area contributed by atoms with E-state index in [0.29, 0.717) is 12.0 Å². The first-order chi connectivity index (χ1) is 8.97. The summed E-state index contributed by atoms with van der Waals surface area (Å²) < 4.78 is 0. The van der Waals surface area contributed by atoms with E-state index in [1.165, 1.54) is 19.4 Å². The first-order valence-electron chi connectivity index (χ1n) is 7.69. The van der Waals surface area contributed by atoms with E-state index in [2.05, 4.69) is 62.2 Å². The van der Waals surface area contributed by atoms with E-state index in [1.807, 2.05) is 0 Å². The lowest BCUT2D eigenvalue weighted by molar-refractivity contribution is 0.268. The Bertz CT molecular complexity index is 242. The zero-order valence-electron chi connectivity index (χ0n) is 14.2. The minimum Gasteiger partial charge on any atom is -0.357 e. The predicted octanol–water partition coefficient (Wildman–Crippen LogP) is 2.94. The number of guanidine groups is 1. The maximum Gasteiger partial charge on any atom is 0.191 e. The van der Waals surface area contributed by atoms with Crippen LogP contribution in [0.15, 0.2) is 4.99 Å². The van der Waals surface area contributed by atoms with Crippen LogP contribution in [-0.2, 0) is 0 Å². The molecule has 0 aliphatic rings. The van der Waals surface area contributed by atoms with Crippen molar-refractivity contribution in [1.82, 2.24) is 15.5 Å². The highest BCUT2D eigenvalue weighted by atomic mass is 127. The van der Waals surface area contributed by atoms with E-state index in [1.54, 1.807) is 0 Å². The van der Waals surface area contributed by atoms with Crippen LogP contribution in [0, 0.1) is 5.92 Å². The molecule has 0 aromatic heterocycles. The fraction of sp³-hybridized carbons (Fsp3) is 0.933. The molecular weight excluding hydrogens is 363 g/mol. The lowest BCUT2D eigenvalue weighted by atomic mass is 10.2. The van der Waals surface area contributed by atoms with Crippen molar-refractivity contribution >= 4 is 29.9 Å². The fourth-order valence-electron chi connectivity index (χ4n) is 1.57. The Labute approximate surface area is 143 Å². The second kappa shape index (κ2) is 13.9. The molecule has 0 heterocycles. The zero-order valence-corrected chi connectivity index (χ0v) is 16.5. The maximum absolute atomic E-state index is 4.56. The SMILES string of the molecule is CCNC(=NCC(C)C)NCCCCN(C)C(C)C.I. The van der Waals surface area contributed by atoms with E-state index in [9.17, 15) is 0 Å². The van der Waals surface area contributed by atoms with Crippen LogP contribution in [0.3, 0.4) is 0 Å². The van der Waals surface area contributed by atoms with Crippen LogP contribution in [0.2, 0.25) is 0 Å². The van der Waals surface area contributed by atoms with Gasteiger partial charge in [-0.25, -0.2) is 0 Å². The Balaban J connectivity index is 0.